The van der Waals surface area contributed by atoms with Crippen molar-refractivity contribution >= 4 is 37.9 Å². The second-order valence-electron chi connectivity index (χ2n) is 3.93. The molecule has 1 N–H and O–H groups in total. The van der Waals surface area contributed by atoms with Gasteiger partial charge in [0.1, 0.15) is 0 Å². The molecule has 20 heavy (non-hydrogen) atoms. The monoisotopic (exact) mass is 331 g/mol. The molecule has 0 bridgehead atoms. The van der Waals surface area contributed by atoms with Crippen molar-refractivity contribution in [2.45, 2.75) is 11.6 Å². The van der Waals surface area contributed by atoms with Crippen molar-refractivity contribution < 1.29 is 8.42 Å². The molecule has 0 aliphatic rings. The third kappa shape index (κ3) is 2.44. The second-order valence-corrected chi connectivity index (χ2v) is 6.84. The number of hydrogen-bond donors (Lipinski definition) is 1. The number of fused-ring (bicyclic) bond motifs is 1. The number of hydrogen-bond acceptors (Lipinski definition) is 5. The lowest BCUT2D eigenvalue weighted by Gasteiger charge is -2.06. The third-order valence-electron chi connectivity index (χ3n) is 2.63. The Morgan fingerprint density at radius 1 is 1.40 bits per heavy atom. The molecule has 0 saturated heterocycles. The van der Waals surface area contributed by atoms with Crippen LogP contribution in [0.4, 0.5) is 0 Å². The molecule has 0 fully saturated rings. The standard InChI is InChI=1S/C10H10ClN5O2S2/c11-8-9(16-6-7-19-10(16)14-8)20(17,18)13-3-5-15-4-1-2-12-15/h1-2,4,6-7,13H,3,5H2. The maximum Gasteiger partial charge on any atom is 0.259 e. The van der Waals surface area contributed by atoms with E-state index in [9.17, 15) is 8.42 Å². The lowest BCUT2D eigenvalue weighted by Crippen LogP contribution is -2.28. The smallest absolute Gasteiger partial charge is 0.259 e. The molecule has 0 spiro atoms. The first-order valence-corrected chi connectivity index (χ1v) is 8.40. The molecular weight excluding hydrogens is 322 g/mol. The minimum Gasteiger partial charge on any atom is -0.279 e. The van der Waals surface area contributed by atoms with Gasteiger partial charge in [0.25, 0.3) is 10.0 Å². The van der Waals surface area contributed by atoms with Gasteiger partial charge in [0.05, 0.1) is 6.54 Å². The van der Waals surface area contributed by atoms with E-state index >= 15 is 0 Å². The van der Waals surface area contributed by atoms with Gasteiger partial charge in [-0.3, -0.25) is 9.08 Å². The van der Waals surface area contributed by atoms with Crippen LogP contribution in [0.5, 0.6) is 0 Å². The van der Waals surface area contributed by atoms with Gasteiger partial charge in [-0.1, -0.05) is 11.6 Å². The molecular formula is C10H10ClN5O2S2. The Kier molecular flexibility index (Phi) is 3.50. The highest BCUT2D eigenvalue weighted by molar-refractivity contribution is 7.89. The van der Waals surface area contributed by atoms with E-state index in [4.69, 9.17) is 11.6 Å². The van der Waals surface area contributed by atoms with Crippen molar-refractivity contribution in [1.82, 2.24) is 23.9 Å². The Bertz CT molecular complexity index is 821. The number of rotatable bonds is 5. The molecule has 10 heteroatoms. The van der Waals surface area contributed by atoms with E-state index in [0.29, 0.717) is 11.5 Å². The van der Waals surface area contributed by atoms with E-state index in [-0.39, 0.29) is 16.7 Å². The summed E-state index contributed by atoms with van der Waals surface area (Å²) in [6.07, 6.45) is 5.02. The van der Waals surface area contributed by atoms with E-state index in [1.807, 2.05) is 0 Å². The van der Waals surface area contributed by atoms with Crippen LogP contribution in [0.2, 0.25) is 5.15 Å². The van der Waals surface area contributed by atoms with Crippen LogP contribution in [0.15, 0.2) is 35.1 Å². The van der Waals surface area contributed by atoms with Gasteiger partial charge < -0.3 is 0 Å². The fourth-order valence-electron chi connectivity index (χ4n) is 1.77. The average Bonchev–Trinajstić information content (AvgIpc) is 3.04. The maximum atomic E-state index is 12.3. The summed E-state index contributed by atoms with van der Waals surface area (Å²) in [5, 5.41) is 5.69. The highest BCUT2D eigenvalue weighted by Crippen LogP contribution is 2.24. The van der Waals surface area contributed by atoms with Crippen molar-refractivity contribution in [3.63, 3.8) is 0 Å². The van der Waals surface area contributed by atoms with Crippen LogP contribution in [0.25, 0.3) is 4.96 Å². The quantitative estimate of drug-likeness (QED) is 0.762. The number of imidazole rings is 1. The van der Waals surface area contributed by atoms with Gasteiger partial charge in [0.15, 0.2) is 15.1 Å². The lowest BCUT2D eigenvalue weighted by atomic mass is 10.6. The molecule has 3 aromatic heterocycles. The molecule has 0 aliphatic heterocycles. The largest absolute Gasteiger partial charge is 0.279 e. The molecule has 0 aromatic carbocycles. The summed E-state index contributed by atoms with van der Waals surface area (Å²) >= 11 is 7.23. The Morgan fingerprint density at radius 2 is 2.25 bits per heavy atom. The van der Waals surface area contributed by atoms with Gasteiger partial charge in [0, 0.05) is 30.5 Å². The molecule has 0 radical (unpaired) electrons. The fraction of sp³-hybridized carbons (Fsp3) is 0.200. The number of sulfonamides is 1. The van der Waals surface area contributed by atoms with Crippen LogP contribution < -0.4 is 4.72 Å². The zero-order valence-corrected chi connectivity index (χ0v) is 12.5. The first kappa shape index (κ1) is 13.6. The van der Waals surface area contributed by atoms with Gasteiger partial charge in [0.2, 0.25) is 0 Å². The maximum absolute atomic E-state index is 12.3. The van der Waals surface area contributed by atoms with Crippen LogP contribution in [0, 0.1) is 0 Å². The topological polar surface area (TPSA) is 81.3 Å². The van der Waals surface area contributed by atoms with Gasteiger partial charge in [-0.25, -0.2) is 18.1 Å². The van der Waals surface area contributed by atoms with Crippen molar-refractivity contribution in [3.05, 3.63) is 35.2 Å². The van der Waals surface area contributed by atoms with Crippen molar-refractivity contribution in [3.8, 4) is 0 Å². The highest BCUT2D eigenvalue weighted by atomic mass is 35.5. The normalized spacial score (nSPS) is 12.2. The van der Waals surface area contributed by atoms with Crippen LogP contribution in [-0.4, -0.2) is 34.1 Å². The Hall–Kier alpha value is -1.42. The zero-order valence-electron chi connectivity index (χ0n) is 10.1. The number of aromatic nitrogens is 4. The first-order valence-electron chi connectivity index (χ1n) is 5.66. The summed E-state index contributed by atoms with van der Waals surface area (Å²) in [5.41, 5.74) is 0. The van der Waals surface area contributed by atoms with Gasteiger partial charge >= 0.3 is 0 Å². The molecule has 3 heterocycles. The van der Waals surface area contributed by atoms with E-state index in [2.05, 4.69) is 14.8 Å². The first-order chi connectivity index (χ1) is 9.58. The molecule has 7 nitrogen and oxygen atoms in total. The van der Waals surface area contributed by atoms with E-state index < -0.39 is 10.0 Å². The van der Waals surface area contributed by atoms with Crippen LogP contribution in [-0.2, 0) is 16.6 Å². The molecule has 3 rings (SSSR count). The summed E-state index contributed by atoms with van der Waals surface area (Å²) in [5.74, 6) is 0. The SMILES string of the molecule is O=S(=O)(NCCn1cccn1)c1c(Cl)nc2sccn12. The minimum absolute atomic E-state index is 0.0246. The molecule has 3 aromatic rings. The summed E-state index contributed by atoms with van der Waals surface area (Å²) < 4.78 is 30.1. The predicted octanol–water partition coefficient (Wildman–Crippen LogP) is 1.22. The molecule has 0 aliphatic carbocycles. The Balaban J connectivity index is 1.81. The Morgan fingerprint density at radius 3 is 3.00 bits per heavy atom. The Labute approximate surface area is 123 Å². The van der Waals surface area contributed by atoms with Gasteiger partial charge in [-0.2, -0.15) is 5.10 Å². The highest BCUT2D eigenvalue weighted by Gasteiger charge is 2.24. The van der Waals surface area contributed by atoms with Gasteiger partial charge in [-0.05, 0) is 6.07 Å². The predicted molar refractivity (Wildman–Crippen MR) is 75.5 cm³/mol. The molecule has 106 valence electrons. The lowest BCUT2D eigenvalue weighted by molar-refractivity contribution is 0.557. The van der Waals surface area contributed by atoms with Crippen LogP contribution in [0.1, 0.15) is 0 Å². The summed E-state index contributed by atoms with van der Waals surface area (Å²) in [4.78, 5) is 4.55. The minimum atomic E-state index is -3.71. The molecule has 0 atom stereocenters. The number of nitrogens with one attached hydrogen (secondary N) is 1. The van der Waals surface area contributed by atoms with E-state index in [0.717, 1.165) is 0 Å². The van der Waals surface area contributed by atoms with Crippen molar-refractivity contribution in [1.29, 1.82) is 0 Å². The summed E-state index contributed by atoms with van der Waals surface area (Å²) in [6.45, 7) is 0.660. The van der Waals surface area contributed by atoms with Crippen molar-refractivity contribution in [2.75, 3.05) is 6.54 Å². The average molecular weight is 332 g/mol. The van der Waals surface area contributed by atoms with E-state index in [1.54, 1.807) is 34.7 Å². The van der Waals surface area contributed by atoms with Crippen LogP contribution >= 0.6 is 22.9 Å². The number of thiazole rings is 1. The zero-order chi connectivity index (χ0) is 14.2. The fourth-order valence-corrected chi connectivity index (χ4v) is 4.24. The second kappa shape index (κ2) is 5.17. The van der Waals surface area contributed by atoms with E-state index in [1.165, 1.54) is 15.7 Å². The number of nitrogens with zero attached hydrogens (tertiary/aromatic N) is 4. The molecule has 0 amide bonds. The molecule has 0 saturated carbocycles. The summed E-state index contributed by atoms with van der Waals surface area (Å²) in [6, 6.07) is 1.78. The van der Waals surface area contributed by atoms with Crippen LogP contribution in [0.3, 0.4) is 0 Å². The molecule has 0 unspecified atom stereocenters. The third-order valence-corrected chi connectivity index (χ3v) is 5.24. The number of halogens is 1. The summed E-state index contributed by atoms with van der Waals surface area (Å²) in [7, 11) is -3.71. The van der Waals surface area contributed by atoms with Crippen molar-refractivity contribution in [2.24, 2.45) is 0 Å². The van der Waals surface area contributed by atoms with Gasteiger partial charge in [-0.15, -0.1) is 11.3 Å².